The molecular weight excluding hydrogens is 328 g/mol. The zero-order chi connectivity index (χ0) is 18.5. The highest BCUT2D eigenvalue weighted by Crippen LogP contribution is 2.21. The van der Waals surface area contributed by atoms with E-state index in [4.69, 9.17) is 4.74 Å². The second-order valence-corrected chi connectivity index (χ2v) is 7.78. The minimum atomic E-state index is 0.118. The highest BCUT2D eigenvalue weighted by molar-refractivity contribution is 5.94. The Kier molecular flexibility index (Phi) is 6.17. The monoisotopic (exact) mass is 358 g/mol. The summed E-state index contributed by atoms with van der Waals surface area (Å²) in [4.78, 5) is 27.9. The number of carbonyl (C=O) groups is 2. The number of nitrogens with zero attached hydrogens (tertiary/aromatic N) is 2. The van der Waals surface area contributed by atoms with Crippen LogP contribution in [0.3, 0.4) is 0 Å². The quantitative estimate of drug-likeness (QED) is 0.830. The van der Waals surface area contributed by atoms with E-state index in [2.05, 4.69) is 6.92 Å². The van der Waals surface area contributed by atoms with E-state index in [9.17, 15) is 9.59 Å². The second-order valence-electron chi connectivity index (χ2n) is 7.78. The van der Waals surface area contributed by atoms with Gasteiger partial charge in [0.2, 0.25) is 5.91 Å². The van der Waals surface area contributed by atoms with Crippen LogP contribution < -0.4 is 4.74 Å². The molecule has 0 radical (unpaired) electrons. The van der Waals surface area contributed by atoms with Gasteiger partial charge in [-0.15, -0.1) is 0 Å². The van der Waals surface area contributed by atoms with Gasteiger partial charge in [-0.25, -0.2) is 0 Å². The maximum atomic E-state index is 12.6. The minimum absolute atomic E-state index is 0.118. The van der Waals surface area contributed by atoms with Crippen molar-refractivity contribution in [3.63, 3.8) is 0 Å². The van der Waals surface area contributed by atoms with Gasteiger partial charge in [-0.3, -0.25) is 9.59 Å². The fourth-order valence-corrected chi connectivity index (χ4v) is 3.79. The molecule has 0 bridgehead atoms. The fourth-order valence-electron chi connectivity index (χ4n) is 3.79. The summed E-state index contributed by atoms with van der Waals surface area (Å²) in [6, 6.07) is 7.48. The van der Waals surface area contributed by atoms with E-state index in [0.717, 1.165) is 63.2 Å². The van der Waals surface area contributed by atoms with Crippen LogP contribution >= 0.6 is 0 Å². The van der Waals surface area contributed by atoms with E-state index in [1.54, 1.807) is 6.92 Å². The maximum absolute atomic E-state index is 12.6. The summed E-state index contributed by atoms with van der Waals surface area (Å²) in [5.41, 5.74) is 0.729. The summed E-state index contributed by atoms with van der Waals surface area (Å²) in [5.74, 6) is 2.14. The molecule has 26 heavy (non-hydrogen) atoms. The second kappa shape index (κ2) is 8.56. The molecule has 2 heterocycles. The lowest BCUT2D eigenvalue weighted by Crippen LogP contribution is -2.40. The minimum Gasteiger partial charge on any atom is -0.493 e. The van der Waals surface area contributed by atoms with Gasteiger partial charge in [0.15, 0.2) is 0 Å². The van der Waals surface area contributed by atoms with Crippen LogP contribution in [0.4, 0.5) is 0 Å². The van der Waals surface area contributed by atoms with E-state index in [1.165, 1.54) is 0 Å². The van der Waals surface area contributed by atoms with Crippen molar-refractivity contribution >= 4 is 11.8 Å². The Morgan fingerprint density at radius 3 is 2.38 bits per heavy atom. The third kappa shape index (κ3) is 4.77. The number of ether oxygens (including phenoxy) is 1. The molecule has 1 atom stereocenters. The molecule has 0 aromatic heterocycles. The molecule has 5 heteroatoms. The Bertz CT molecular complexity index is 621. The number of piperidine rings is 2. The van der Waals surface area contributed by atoms with Crippen LogP contribution in [-0.4, -0.2) is 54.4 Å². The molecule has 1 unspecified atom stereocenters. The Hall–Kier alpha value is -2.04. The molecular formula is C21H30N2O3. The largest absolute Gasteiger partial charge is 0.493 e. The van der Waals surface area contributed by atoms with Gasteiger partial charge in [0.05, 0.1) is 6.61 Å². The molecule has 0 saturated carbocycles. The number of carbonyl (C=O) groups excluding carboxylic acids is 2. The average Bonchev–Trinajstić information content (AvgIpc) is 2.67. The van der Waals surface area contributed by atoms with Gasteiger partial charge in [0, 0.05) is 44.6 Å². The summed E-state index contributed by atoms with van der Waals surface area (Å²) < 4.78 is 5.90. The van der Waals surface area contributed by atoms with E-state index >= 15 is 0 Å². The smallest absolute Gasteiger partial charge is 0.253 e. The molecule has 0 N–H and O–H groups in total. The van der Waals surface area contributed by atoms with Crippen LogP contribution in [0.15, 0.2) is 24.3 Å². The van der Waals surface area contributed by atoms with Crippen molar-refractivity contribution in [1.82, 2.24) is 9.80 Å². The van der Waals surface area contributed by atoms with Crippen molar-refractivity contribution in [2.45, 2.75) is 39.5 Å². The summed E-state index contributed by atoms with van der Waals surface area (Å²) in [7, 11) is 0. The summed E-state index contributed by atoms with van der Waals surface area (Å²) in [6.45, 7) is 7.83. The number of hydrogen-bond acceptors (Lipinski definition) is 3. The molecule has 2 amide bonds. The van der Waals surface area contributed by atoms with Crippen molar-refractivity contribution in [2.75, 3.05) is 32.8 Å². The molecule has 0 aliphatic carbocycles. The van der Waals surface area contributed by atoms with Gasteiger partial charge >= 0.3 is 0 Å². The molecule has 2 fully saturated rings. The first-order valence-corrected chi connectivity index (χ1v) is 9.80. The summed E-state index contributed by atoms with van der Waals surface area (Å²) in [5, 5.41) is 0. The number of likely N-dealkylation sites (tertiary alicyclic amines) is 2. The predicted molar refractivity (Wildman–Crippen MR) is 101 cm³/mol. The van der Waals surface area contributed by atoms with Crippen LogP contribution in [0.1, 0.15) is 49.9 Å². The fraction of sp³-hybridized carbons (Fsp3) is 0.619. The van der Waals surface area contributed by atoms with Crippen molar-refractivity contribution in [3.8, 4) is 5.75 Å². The molecule has 142 valence electrons. The van der Waals surface area contributed by atoms with Crippen LogP contribution in [0.2, 0.25) is 0 Å². The van der Waals surface area contributed by atoms with Crippen LogP contribution in [-0.2, 0) is 4.79 Å². The Morgan fingerprint density at radius 2 is 1.73 bits per heavy atom. The number of benzene rings is 1. The SMILES string of the molecule is CC(=O)N1CCCC(COc2ccc(C(=O)N3CCC(C)CC3)cc2)C1. The van der Waals surface area contributed by atoms with Crippen molar-refractivity contribution in [3.05, 3.63) is 29.8 Å². The van der Waals surface area contributed by atoms with E-state index < -0.39 is 0 Å². The first kappa shape index (κ1) is 18.7. The van der Waals surface area contributed by atoms with Gasteiger partial charge in [0.1, 0.15) is 5.75 Å². The Morgan fingerprint density at radius 1 is 1.04 bits per heavy atom. The van der Waals surface area contributed by atoms with E-state index in [0.29, 0.717) is 18.4 Å². The Balaban J connectivity index is 1.50. The van der Waals surface area contributed by atoms with Crippen molar-refractivity contribution in [1.29, 1.82) is 0 Å². The van der Waals surface area contributed by atoms with Gasteiger partial charge in [-0.05, 0) is 55.9 Å². The molecule has 2 saturated heterocycles. The highest BCUT2D eigenvalue weighted by Gasteiger charge is 2.23. The lowest BCUT2D eigenvalue weighted by molar-refractivity contribution is -0.130. The van der Waals surface area contributed by atoms with Crippen LogP contribution in [0, 0.1) is 11.8 Å². The first-order valence-electron chi connectivity index (χ1n) is 9.80. The molecule has 0 spiro atoms. The van der Waals surface area contributed by atoms with Crippen molar-refractivity contribution in [2.24, 2.45) is 11.8 Å². The van der Waals surface area contributed by atoms with Gasteiger partial charge in [0.25, 0.3) is 5.91 Å². The van der Waals surface area contributed by atoms with Gasteiger partial charge < -0.3 is 14.5 Å². The molecule has 5 nitrogen and oxygen atoms in total. The first-order chi connectivity index (χ1) is 12.5. The number of rotatable bonds is 4. The molecule has 2 aliphatic rings. The van der Waals surface area contributed by atoms with Gasteiger partial charge in [-0.2, -0.15) is 0 Å². The Labute approximate surface area is 156 Å². The number of hydrogen-bond donors (Lipinski definition) is 0. The molecule has 2 aliphatic heterocycles. The number of amides is 2. The maximum Gasteiger partial charge on any atom is 0.253 e. The third-order valence-electron chi connectivity index (χ3n) is 5.62. The molecule has 1 aromatic rings. The topological polar surface area (TPSA) is 49.9 Å². The lowest BCUT2D eigenvalue weighted by atomic mass is 9.98. The normalized spacial score (nSPS) is 21.5. The summed E-state index contributed by atoms with van der Waals surface area (Å²) in [6.07, 6.45) is 4.31. The summed E-state index contributed by atoms with van der Waals surface area (Å²) >= 11 is 0. The molecule has 1 aromatic carbocycles. The van der Waals surface area contributed by atoms with Crippen LogP contribution in [0.5, 0.6) is 5.75 Å². The van der Waals surface area contributed by atoms with E-state index in [-0.39, 0.29) is 11.8 Å². The van der Waals surface area contributed by atoms with Crippen molar-refractivity contribution < 1.29 is 14.3 Å². The average molecular weight is 358 g/mol. The standard InChI is InChI=1S/C21H30N2O3/c1-16-9-12-22(13-10-16)21(25)19-5-7-20(8-6-19)26-15-18-4-3-11-23(14-18)17(2)24/h5-8,16,18H,3-4,9-15H2,1-2H3. The van der Waals surface area contributed by atoms with E-state index in [1.807, 2.05) is 34.1 Å². The highest BCUT2D eigenvalue weighted by atomic mass is 16.5. The predicted octanol–water partition coefficient (Wildman–Crippen LogP) is 3.20. The van der Waals surface area contributed by atoms with Gasteiger partial charge in [-0.1, -0.05) is 6.92 Å². The zero-order valence-corrected chi connectivity index (χ0v) is 15.9. The van der Waals surface area contributed by atoms with Crippen LogP contribution in [0.25, 0.3) is 0 Å². The zero-order valence-electron chi connectivity index (χ0n) is 15.9. The molecule has 3 rings (SSSR count). The third-order valence-corrected chi connectivity index (χ3v) is 5.62. The lowest BCUT2D eigenvalue weighted by Gasteiger charge is -2.32.